The van der Waals surface area contributed by atoms with E-state index < -0.39 is 0 Å². The lowest BCUT2D eigenvalue weighted by Crippen LogP contribution is -2.46. The van der Waals surface area contributed by atoms with E-state index in [4.69, 9.17) is 38.1 Å². The molecule has 1 aromatic heterocycles. The summed E-state index contributed by atoms with van der Waals surface area (Å²) in [6.45, 7) is 8.17. The molecule has 0 aliphatic carbocycles. The molecule has 3 aromatic rings. The second kappa shape index (κ2) is 10.5. The molecule has 2 heterocycles. The number of thiocarbonyl (C=S) groups is 1. The number of hydrogen-bond acceptors (Lipinski definition) is 5. The van der Waals surface area contributed by atoms with Crippen LogP contribution in [0.25, 0.3) is 17.0 Å². The molecule has 0 saturated heterocycles. The summed E-state index contributed by atoms with van der Waals surface area (Å²) in [6, 6.07) is 15.5. The van der Waals surface area contributed by atoms with Crippen LogP contribution in [-0.4, -0.2) is 39.9 Å². The van der Waals surface area contributed by atoms with Crippen LogP contribution in [-0.2, 0) is 4.74 Å². The van der Waals surface area contributed by atoms with Gasteiger partial charge in [-0.3, -0.25) is 0 Å². The van der Waals surface area contributed by atoms with E-state index in [1.807, 2.05) is 69.3 Å². The Kier molecular flexibility index (Phi) is 7.42. The molecule has 1 unspecified atom stereocenters. The summed E-state index contributed by atoms with van der Waals surface area (Å²) >= 11 is 12.0. The van der Waals surface area contributed by atoms with Gasteiger partial charge in [-0.2, -0.15) is 4.98 Å². The summed E-state index contributed by atoms with van der Waals surface area (Å²) in [4.78, 5) is 6.83. The van der Waals surface area contributed by atoms with Crippen molar-refractivity contribution in [2.45, 2.75) is 33.2 Å². The molecule has 33 heavy (non-hydrogen) atoms. The number of aryl methyl sites for hydroxylation is 1. The van der Waals surface area contributed by atoms with E-state index in [1.54, 1.807) is 0 Å². The van der Waals surface area contributed by atoms with Gasteiger partial charge < -0.3 is 19.5 Å². The van der Waals surface area contributed by atoms with Crippen LogP contribution in [0.5, 0.6) is 0 Å². The lowest BCUT2D eigenvalue weighted by Gasteiger charge is -2.37. The molecule has 1 N–H and O–H groups in total. The van der Waals surface area contributed by atoms with E-state index in [2.05, 4.69) is 15.4 Å². The van der Waals surface area contributed by atoms with Crippen molar-refractivity contribution in [3.8, 4) is 11.4 Å². The highest BCUT2D eigenvalue weighted by Crippen LogP contribution is 2.38. The smallest absolute Gasteiger partial charge is 0.258 e. The summed E-state index contributed by atoms with van der Waals surface area (Å²) in [5, 5.41) is 9.03. The molecule has 6 nitrogen and oxygen atoms in total. The maximum absolute atomic E-state index is 6.30. The van der Waals surface area contributed by atoms with Crippen molar-refractivity contribution in [2.75, 3.05) is 19.8 Å². The lowest BCUT2D eigenvalue weighted by atomic mass is 9.94. The number of rotatable bonds is 8. The molecule has 1 aliphatic rings. The first kappa shape index (κ1) is 23.4. The van der Waals surface area contributed by atoms with Gasteiger partial charge in [0.15, 0.2) is 5.11 Å². The molecule has 0 amide bonds. The summed E-state index contributed by atoms with van der Waals surface area (Å²) in [5.41, 5.74) is 4.88. The highest BCUT2D eigenvalue weighted by Gasteiger charge is 2.34. The molecule has 172 valence electrons. The SMILES string of the molecule is CCOCCCN1C(=S)NC(c2cccc(Cl)c2)C(c2nc(-c3cccc(C)c3)no2)=C1C. The van der Waals surface area contributed by atoms with Gasteiger partial charge in [-0.05, 0) is 63.2 Å². The number of allylic oxidation sites excluding steroid dienone is 1. The second-order valence-corrected chi connectivity index (χ2v) is 8.75. The number of nitrogens with one attached hydrogen (secondary N) is 1. The maximum Gasteiger partial charge on any atom is 0.258 e. The molecule has 8 heteroatoms. The zero-order chi connectivity index (χ0) is 23.4. The third-order valence-corrected chi connectivity index (χ3v) is 6.16. The standard InChI is InChI=1S/C25H27ClN4O2S/c1-4-31-13-7-12-30-17(3)21(22(27-25(30)33)18-9-6-11-20(26)15-18)24-28-23(29-32-24)19-10-5-8-16(2)14-19/h5-6,8-11,14-15,22H,4,7,12-13H2,1-3H3,(H,27,33). The fraction of sp³-hybridized carbons (Fsp3) is 0.320. The van der Waals surface area contributed by atoms with Crippen LogP contribution >= 0.6 is 23.8 Å². The van der Waals surface area contributed by atoms with Crippen molar-refractivity contribution in [1.82, 2.24) is 20.4 Å². The molecule has 2 aromatic carbocycles. The zero-order valence-corrected chi connectivity index (χ0v) is 20.5. The summed E-state index contributed by atoms with van der Waals surface area (Å²) in [5.74, 6) is 1.01. The van der Waals surface area contributed by atoms with Crippen LogP contribution < -0.4 is 5.32 Å². The highest BCUT2D eigenvalue weighted by atomic mass is 35.5. The Bertz CT molecular complexity index is 1180. The predicted molar refractivity (Wildman–Crippen MR) is 135 cm³/mol. The van der Waals surface area contributed by atoms with Crippen molar-refractivity contribution in [3.63, 3.8) is 0 Å². The van der Waals surface area contributed by atoms with Crippen molar-refractivity contribution in [1.29, 1.82) is 0 Å². The van der Waals surface area contributed by atoms with Crippen molar-refractivity contribution >= 4 is 34.5 Å². The minimum Gasteiger partial charge on any atom is -0.382 e. The third-order valence-electron chi connectivity index (χ3n) is 5.59. The van der Waals surface area contributed by atoms with E-state index >= 15 is 0 Å². The van der Waals surface area contributed by atoms with E-state index in [1.165, 1.54) is 0 Å². The topological polar surface area (TPSA) is 63.4 Å². The average molecular weight is 483 g/mol. The molecule has 1 atom stereocenters. The van der Waals surface area contributed by atoms with Gasteiger partial charge in [-0.25, -0.2) is 0 Å². The van der Waals surface area contributed by atoms with Gasteiger partial charge in [0.25, 0.3) is 5.89 Å². The van der Waals surface area contributed by atoms with Gasteiger partial charge in [0.05, 0.1) is 11.6 Å². The van der Waals surface area contributed by atoms with Crippen LogP contribution in [0.15, 0.2) is 58.8 Å². The normalized spacial score (nSPS) is 16.3. The summed E-state index contributed by atoms with van der Waals surface area (Å²) < 4.78 is 11.3. The number of hydrogen-bond donors (Lipinski definition) is 1. The summed E-state index contributed by atoms with van der Waals surface area (Å²) in [6.07, 6.45) is 0.848. The molecule has 0 fully saturated rings. The Labute approximate surface area is 204 Å². The molecule has 0 bridgehead atoms. The van der Waals surface area contributed by atoms with E-state index in [0.29, 0.717) is 35.1 Å². The Balaban J connectivity index is 1.75. The highest BCUT2D eigenvalue weighted by molar-refractivity contribution is 7.80. The number of benzene rings is 2. The fourth-order valence-corrected chi connectivity index (χ4v) is 4.51. The number of halogens is 1. The van der Waals surface area contributed by atoms with Crippen molar-refractivity contribution in [3.05, 3.63) is 76.3 Å². The van der Waals surface area contributed by atoms with Crippen LogP contribution in [0.4, 0.5) is 0 Å². The zero-order valence-electron chi connectivity index (χ0n) is 19.0. The van der Waals surface area contributed by atoms with Gasteiger partial charge >= 0.3 is 0 Å². The Morgan fingerprint density at radius 1 is 1.18 bits per heavy atom. The largest absolute Gasteiger partial charge is 0.382 e. The van der Waals surface area contributed by atoms with Crippen molar-refractivity contribution in [2.24, 2.45) is 0 Å². The minimum atomic E-state index is -0.259. The number of aromatic nitrogens is 2. The maximum atomic E-state index is 6.30. The van der Waals surface area contributed by atoms with Gasteiger partial charge in [-0.15, -0.1) is 0 Å². The average Bonchev–Trinajstić information content (AvgIpc) is 3.28. The monoisotopic (exact) mass is 482 g/mol. The first-order chi connectivity index (χ1) is 16.0. The molecule has 4 rings (SSSR count). The Hall–Kier alpha value is -2.74. The molecule has 0 saturated carbocycles. The summed E-state index contributed by atoms with van der Waals surface area (Å²) in [7, 11) is 0. The second-order valence-electron chi connectivity index (χ2n) is 7.93. The first-order valence-corrected chi connectivity index (χ1v) is 11.8. The minimum absolute atomic E-state index is 0.259. The van der Waals surface area contributed by atoms with Crippen LogP contribution in [0.2, 0.25) is 5.02 Å². The molecule has 0 spiro atoms. The van der Waals surface area contributed by atoms with Gasteiger partial charge in [0, 0.05) is 36.0 Å². The van der Waals surface area contributed by atoms with Crippen LogP contribution in [0.3, 0.4) is 0 Å². The van der Waals surface area contributed by atoms with Crippen LogP contribution in [0.1, 0.15) is 43.3 Å². The lowest BCUT2D eigenvalue weighted by molar-refractivity contribution is 0.141. The molecular weight excluding hydrogens is 456 g/mol. The molecular formula is C25H27ClN4O2S. The predicted octanol–water partition coefficient (Wildman–Crippen LogP) is 5.79. The van der Waals surface area contributed by atoms with Crippen molar-refractivity contribution < 1.29 is 9.26 Å². The number of nitrogens with zero attached hydrogens (tertiary/aromatic N) is 3. The van der Waals surface area contributed by atoms with Gasteiger partial charge in [0.2, 0.25) is 5.82 Å². The fourth-order valence-electron chi connectivity index (χ4n) is 3.97. The first-order valence-electron chi connectivity index (χ1n) is 11.0. The van der Waals surface area contributed by atoms with Gasteiger partial charge in [-0.1, -0.05) is 52.7 Å². The molecule has 0 radical (unpaired) electrons. The van der Waals surface area contributed by atoms with E-state index in [-0.39, 0.29) is 6.04 Å². The van der Waals surface area contributed by atoms with Gasteiger partial charge in [0.1, 0.15) is 0 Å². The van der Waals surface area contributed by atoms with E-state index in [9.17, 15) is 0 Å². The third kappa shape index (κ3) is 5.27. The Morgan fingerprint density at radius 2 is 2.00 bits per heavy atom. The number of ether oxygens (including phenoxy) is 1. The van der Waals surface area contributed by atoms with E-state index in [0.717, 1.165) is 40.9 Å². The quantitative estimate of drug-likeness (QED) is 0.322. The van der Waals surface area contributed by atoms with Crippen LogP contribution in [0, 0.1) is 6.92 Å². The molecule has 1 aliphatic heterocycles. The Morgan fingerprint density at radius 3 is 2.76 bits per heavy atom.